The highest BCUT2D eigenvalue weighted by molar-refractivity contribution is 4.91. The number of nitrogens with two attached hydrogens (primary N) is 1. The van der Waals surface area contributed by atoms with Gasteiger partial charge in [-0.05, 0) is 44.1 Å². The Balaban J connectivity index is 2.06. The highest BCUT2D eigenvalue weighted by Gasteiger charge is 2.36. The van der Waals surface area contributed by atoms with Gasteiger partial charge in [-0.3, -0.25) is 4.90 Å². The maximum atomic E-state index is 6.04. The number of hydrogen-bond acceptors (Lipinski definition) is 2. The molecule has 0 amide bonds. The first kappa shape index (κ1) is 13.4. The first-order valence-electron chi connectivity index (χ1n) is 7.73. The van der Waals surface area contributed by atoms with Crippen molar-refractivity contribution < 1.29 is 0 Å². The molecule has 2 fully saturated rings. The van der Waals surface area contributed by atoms with E-state index in [4.69, 9.17) is 5.73 Å². The lowest BCUT2D eigenvalue weighted by molar-refractivity contribution is 0.0159. The van der Waals surface area contributed by atoms with Crippen molar-refractivity contribution >= 4 is 0 Å². The summed E-state index contributed by atoms with van der Waals surface area (Å²) in [7, 11) is 0. The topological polar surface area (TPSA) is 29.3 Å². The molecule has 1 saturated heterocycles. The lowest BCUT2D eigenvalue weighted by Gasteiger charge is -2.48. The molecular formula is C15H30N2. The van der Waals surface area contributed by atoms with Crippen LogP contribution in [0.2, 0.25) is 0 Å². The van der Waals surface area contributed by atoms with Crippen LogP contribution in [0.4, 0.5) is 0 Å². The molecule has 0 radical (unpaired) electrons. The minimum absolute atomic E-state index is 0.654. The van der Waals surface area contributed by atoms with Crippen LogP contribution < -0.4 is 5.73 Å². The largest absolute Gasteiger partial charge is 0.329 e. The minimum Gasteiger partial charge on any atom is -0.329 e. The number of likely N-dealkylation sites (tertiary alicyclic amines) is 1. The average molecular weight is 238 g/mol. The molecule has 1 saturated carbocycles. The molecule has 17 heavy (non-hydrogen) atoms. The zero-order valence-corrected chi connectivity index (χ0v) is 11.7. The third-order valence-electron chi connectivity index (χ3n) is 5.22. The summed E-state index contributed by atoms with van der Waals surface area (Å²) in [5.74, 6) is 1.73. The van der Waals surface area contributed by atoms with Crippen molar-refractivity contribution in [3.05, 3.63) is 0 Å². The molecule has 0 aromatic carbocycles. The number of piperidine rings is 1. The molecular weight excluding hydrogens is 208 g/mol. The van der Waals surface area contributed by atoms with E-state index in [1.165, 1.54) is 51.5 Å². The summed E-state index contributed by atoms with van der Waals surface area (Å²) in [6, 6.07) is 1.49. The summed E-state index contributed by atoms with van der Waals surface area (Å²) < 4.78 is 0. The van der Waals surface area contributed by atoms with Crippen molar-refractivity contribution in [2.24, 2.45) is 17.6 Å². The van der Waals surface area contributed by atoms with Gasteiger partial charge >= 0.3 is 0 Å². The molecule has 2 nitrogen and oxygen atoms in total. The Hall–Kier alpha value is -0.0800. The van der Waals surface area contributed by atoms with Crippen molar-refractivity contribution in [1.29, 1.82) is 0 Å². The fraction of sp³-hybridized carbons (Fsp3) is 1.00. The van der Waals surface area contributed by atoms with Crippen LogP contribution in [0.5, 0.6) is 0 Å². The third-order valence-corrected chi connectivity index (χ3v) is 5.22. The Morgan fingerprint density at radius 2 is 1.88 bits per heavy atom. The van der Waals surface area contributed by atoms with Crippen LogP contribution in [0.15, 0.2) is 0 Å². The Morgan fingerprint density at radius 3 is 2.59 bits per heavy atom. The van der Waals surface area contributed by atoms with E-state index in [9.17, 15) is 0 Å². The summed E-state index contributed by atoms with van der Waals surface area (Å²) in [5, 5.41) is 0. The molecule has 100 valence electrons. The van der Waals surface area contributed by atoms with E-state index in [0.717, 1.165) is 24.4 Å². The molecule has 0 spiro atoms. The van der Waals surface area contributed by atoms with Gasteiger partial charge in [0.05, 0.1) is 0 Å². The van der Waals surface area contributed by atoms with Gasteiger partial charge in [-0.25, -0.2) is 0 Å². The molecule has 2 aliphatic rings. The van der Waals surface area contributed by atoms with Gasteiger partial charge in [0, 0.05) is 18.6 Å². The Labute approximate surface area is 107 Å². The van der Waals surface area contributed by atoms with Crippen molar-refractivity contribution in [3.63, 3.8) is 0 Å². The molecule has 1 aliphatic heterocycles. The predicted octanol–water partition coefficient (Wildman–Crippen LogP) is 3.01. The van der Waals surface area contributed by atoms with E-state index in [2.05, 4.69) is 18.7 Å². The van der Waals surface area contributed by atoms with Crippen LogP contribution in [0.1, 0.15) is 58.8 Å². The Bertz CT molecular complexity index is 229. The molecule has 4 atom stereocenters. The number of rotatable bonds is 3. The first-order chi connectivity index (χ1) is 8.27. The Morgan fingerprint density at radius 1 is 1.12 bits per heavy atom. The van der Waals surface area contributed by atoms with Gasteiger partial charge in [0.2, 0.25) is 0 Å². The van der Waals surface area contributed by atoms with E-state index in [0.29, 0.717) is 6.04 Å². The molecule has 2 heteroatoms. The highest BCUT2D eigenvalue weighted by Crippen LogP contribution is 2.35. The van der Waals surface area contributed by atoms with Crippen LogP contribution in [0.25, 0.3) is 0 Å². The molecule has 0 aromatic rings. The SMILES string of the molecule is CCC1CCCCC1N1CCCC(C)C1CN. The fourth-order valence-electron chi connectivity index (χ4n) is 4.16. The molecule has 0 aromatic heterocycles. The average Bonchev–Trinajstić information content (AvgIpc) is 2.38. The highest BCUT2D eigenvalue weighted by atomic mass is 15.2. The van der Waals surface area contributed by atoms with Crippen LogP contribution in [0, 0.1) is 11.8 Å². The maximum absolute atomic E-state index is 6.04. The summed E-state index contributed by atoms with van der Waals surface area (Å²) >= 11 is 0. The molecule has 1 aliphatic carbocycles. The third kappa shape index (κ3) is 2.85. The van der Waals surface area contributed by atoms with Gasteiger partial charge < -0.3 is 5.73 Å². The molecule has 2 rings (SSSR count). The molecule has 1 heterocycles. The second kappa shape index (κ2) is 6.19. The second-order valence-electron chi connectivity index (χ2n) is 6.18. The Kier molecular flexibility index (Phi) is 4.87. The summed E-state index contributed by atoms with van der Waals surface area (Å²) in [4.78, 5) is 2.79. The number of hydrogen-bond donors (Lipinski definition) is 1. The van der Waals surface area contributed by atoms with Crippen molar-refractivity contribution in [3.8, 4) is 0 Å². The summed E-state index contributed by atoms with van der Waals surface area (Å²) in [5.41, 5.74) is 6.04. The van der Waals surface area contributed by atoms with E-state index in [1.54, 1.807) is 0 Å². The predicted molar refractivity (Wildman–Crippen MR) is 74.0 cm³/mol. The van der Waals surface area contributed by atoms with Gasteiger partial charge in [0.25, 0.3) is 0 Å². The standard InChI is InChI=1S/C15H30N2/c1-3-13-8-4-5-9-14(13)17-10-6-7-12(2)15(17)11-16/h12-15H,3-11,16H2,1-2H3. The maximum Gasteiger partial charge on any atom is 0.0247 e. The smallest absolute Gasteiger partial charge is 0.0247 e. The van der Waals surface area contributed by atoms with Gasteiger partial charge in [-0.2, -0.15) is 0 Å². The van der Waals surface area contributed by atoms with Crippen molar-refractivity contribution in [2.75, 3.05) is 13.1 Å². The summed E-state index contributed by atoms with van der Waals surface area (Å²) in [6.07, 6.45) is 9.86. The lowest BCUT2D eigenvalue weighted by Crippen LogP contribution is -2.55. The molecule has 0 bridgehead atoms. The van der Waals surface area contributed by atoms with E-state index >= 15 is 0 Å². The lowest BCUT2D eigenvalue weighted by atomic mass is 9.79. The summed E-state index contributed by atoms with van der Waals surface area (Å²) in [6.45, 7) is 6.92. The van der Waals surface area contributed by atoms with Crippen molar-refractivity contribution in [2.45, 2.75) is 70.9 Å². The van der Waals surface area contributed by atoms with Crippen LogP contribution in [0.3, 0.4) is 0 Å². The normalized spacial score (nSPS) is 40.4. The van der Waals surface area contributed by atoms with E-state index < -0.39 is 0 Å². The van der Waals surface area contributed by atoms with Crippen molar-refractivity contribution in [1.82, 2.24) is 4.90 Å². The van der Waals surface area contributed by atoms with Gasteiger partial charge in [-0.15, -0.1) is 0 Å². The van der Waals surface area contributed by atoms with E-state index in [-0.39, 0.29) is 0 Å². The van der Waals surface area contributed by atoms with Gasteiger partial charge in [-0.1, -0.05) is 33.1 Å². The monoisotopic (exact) mass is 238 g/mol. The second-order valence-corrected chi connectivity index (χ2v) is 6.18. The van der Waals surface area contributed by atoms with Crippen LogP contribution in [-0.2, 0) is 0 Å². The van der Waals surface area contributed by atoms with Crippen LogP contribution in [-0.4, -0.2) is 30.1 Å². The van der Waals surface area contributed by atoms with Gasteiger partial charge in [0.1, 0.15) is 0 Å². The molecule has 2 N–H and O–H groups in total. The fourth-order valence-corrected chi connectivity index (χ4v) is 4.16. The quantitative estimate of drug-likeness (QED) is 0.819. The number of nitrogens with zero attached hydrogens (tertiary/aromatic N) is 1. The van der Waals surface area contributed by atoms with E-state index in [1.807, 2.05) is 0 Å². The zero-order chi connectivity index (χ0) is 12.3. The van der Waals surface area contributed by atoms with Crippen LogP contribution >= 0.6 is 0 Å². The zero-order valence-electron chi connectivity index (χ0n) is 11.7. The van der Waals surface area contributed by atoms with Gasteiger partial charge in [0.15, 0.2) is 0 Å². The minimum atomic E-state index is 0.654. The molecule has 4 unspecified atom stereocenters. The first-order valence-corrected chi connectivity index (χ1v) is 7.73.